The zero-order chi connectivity index (χ0) is 17.0. The summed E-state index contributed by atoms with van der Waals surface area (Å²) in [6.45, 7) is 7.22. The second-order valence-corrected chi connectivity index (χ2v) is 7.60. The Labute approximate surface area is 137 Å². The Bertz CT molecular complexity index is 666. The molecule has 0 saturated carbocycles. The zero-order valence-corrected chi connectivity index (χ0v) is 14.7. The summed E-state index contributed by atoms with van der Waals surface area (Å²) in [4.78, 5) is 12.4. The second-order valence-electron chi connectivity index (χ2n) is 5.80. The van der Waals surface area contributed by atoms with Crippen LogP contribution >= 0.6 is 7.60 Å². The normalized spacial score (nSPS) is 11.3. The van der Waals surface area contributed by atoms with Gasteiger partial charge < -0.3 is 9.05 Å². The third kappa shape index (κ3) is 4.46. The fourth-order valence-electron chi connectivity index (χ4n) is 1.90. The summed E-state index contributed by atoms with van der Waals surface area (Å²) >= 11 is 0. The lowest BCUT2D eigenvalue weighted by atomic mass is 10.2. The molecule has 0 aliphatic heterocycles. The summed E-state index contributed by atoms with van der Waals surface area (Å²) in [7, 11) is -3.98. The van der Waals surface area contributed by atoms with Gasteiger partial charge in [-0.1, -0.05) is 49.2 Å². The van der Waals surface area contributed by atoms with Crippen molar-refractivity contribution in [2.75, 3.05) is 0 Å². The van der Waals surface area contributed by atoms with Crippen LogP contribution in [0.2, 0.25) is 0 Å². The first kappa shape index (κ1) is 17.3. The van der Waals surface area contributed by atoms with Gasteiger partial charge in [0.25, 0.3) is 5.52 Å². The van der Waals surface area contributed by atoms with E-state index in [-0.39, 0.29) is 0 Å². The minimum absolute atomic E-state index is 0.347. The van der Waals surface area contributed by atoms with Crippen molar-refractivity contribution >= 4 is 13.1 Å². The Hall–Kier alpha value is -2.06. The number of aryl methyl sites for hydroxylation is 2. The van der Waals surface area contributed by atoms with E-state index in [1.54, 1.807) is 38.1 Å². The summed E-state index contributed by atoms with van der Waals surface area (Å²) in [5.41, 5.74) is 1.54. The predicted octanol–water partition coefficient (Wildman–Crippen LogP) is 5.14. The summed E-state index contributed by atoms with van der Waals surface area (Å²) in [6, 6.07) is 14.0. The highest BCUT2D eigenvalue weighted by Gasteiger charge is 2.40. The number of carbonyl (C=O) groups excluding carboxylic acids is 1. The number of benzene rings is 2. The van der Waals surface area contributed by atoms with Gasteiger partial charge in [-0.3, -0.25) is 4.79 Å². The molecule has 0 N–H and O–H groups in total. The minimum Gasteiger partial charge on any atom is -0.411 e. The number of rotatable bonds is 6. The van der Waals surface area contributed by atoms with E-state index in [4.69, 9.17) is 9.05 Å². The van der Waals surface area contributed by atoms with Crippen LogP contribution in [0.25, 0.3) is 0 Å². The van der Waals surface area contributed by atoms with Crippen molar-refractivity contribution in [2.45, 2.75) is 27.7 Å². The van der Waals surface area contributed by atoms with Crippen molar-refractivity contribution in [3.63, 3.8) is 0 Å². The predicted molar refractivity (Wildman–Crippen MR) is 91.1 cm³/mol. The van der Waals surface area contributed by atoms with Crippen LogP contribution in [0.15, 0.2) is 48.5 Å². The van der Waals surface area contributed by atoms with Gasteiger partial charge in [0, 0.05) is 5.92 Å². The maximum atomic E-state index is 13.1. The molecule has 0 spiro atoms. The van der Waals surface area contributed by atoms with Crippen molar-refractivity contribution in [1.82, 2.24) is 0 Å². The monoisotopic (exact) mass is 332 g/mol. The lowest BCUT2D eigenvalue weighted by Crippen LogP contribution is -2.16. The van der Waals surface area contributed by atoms with Crippen LogP contribution in [0.3, 0.4) is 0 Å². The molecule has 0 saturated heterocycles. The molecular formula is C18H21O4P. The van der Waals surface area contributed by atoms with Gasteiger partial charge in [0.05, 0.1) is 0 Å². The Kier molecular flexibility index (Phi) is 5.27. The molecule has 0 heterocycles. The first-order chi connectivity index (χ1) is 10.8. The van der Waals surface area contributed by atoms with Crippen LogP contribution in [0, 0.1) is 19.8 Å². The smallest absolute Gasteiger partial charge is 0.411 e. The number of hydrogen-bond donors (Lipinski definition) is 0. The Balaban J connectivity index is 2.31. The molecular weight excluding hydrogens is 311 g/mol. The molecule has 2 aromatic rings. The molecule has 0 amide bonds. The van der Waals surface area contributed by atoms with Crippen molar-refractivity contribution in [3.05, 3.63) is 59.7 Å². The highest BCUT2D eigenvalue weighted by molar-refractivity contribution is 7.72. The van der Waals surface area contributed by atoms with E-state index in [0.717, 1.165) is 11.1 Å². The molecule has 0 aliphatic carbocycles. The lowest BCUT2D eigenvalue weighted by molar-refractivity contribution is -0.115. The van der Waals surface area contributed by atoms with E-state index in [9.17, 15) is 9.36 Å². The van der Waals surface area contributed by atoms with Gasteiger partial charge in [0.1, 0.15) is 11.5 Å². The lowest BCUT2D eigenvalue weighted by Gasteiger charge is -2.20. The number of hydrogen-bond acceptors (Lipinski definition) is 4. The highest BCUT2D eigenvalue weighted by Crippen LogP contribution is 2.51. The molecule has 5 heteroatoms. The first-order valence-electron chi connectivity index (χ1n) is 7.47. The van der Waals surface area contributed by atoms with Crippen molar-refractivity contribution < 1.29 is 18.4 Å². The topological polar surface area (TPSA) is 52.6 Å². The fraction of sp³-hybridized carbons (Fsp3) is 0.278. The van der Waals surface area contributed by atoms with Gasteiger partial charge in [-0.05, 0) is 38.1 Å². The molecule has 0 fully saturated rings. The summed E-state index contributed by atoms with van der Waals surface area (Å²) in [6.07, 6.45) is 0. The largest absolute Gasteiger partial charge is 0.498 e. The molecule has 2 aromatic carbocycles. The first-order valence-corrected chi connectivity index (χ1v) is 9.01. The maximum absolute atomic E-state index is 13.1. The maximum Gasteiger partial charge on any atom is 0.498 e. The third-order valence-corrected chi connectivity index (χ3v) is 5.22. The molecule has 0 bridgehead atoms. The average molecular weight is 332 g/mol. The van der Waals surface area contributed by atoms with Crippen LogP contribution < -0.4 is 9.05 Å². The Morgan fingerprint density at radius 1 is 0.826 bits per heavy atom. The van der Waals surface area contributed by atoms with Gasteiger partial charge in [0.15, 0.2) is 0 Å². The van der Waals surface area contributed by atoms with Gasteiger partial charge >= 0.3 is 7.60 Å². The van der Waals surface area contributed by atoms with E-state index in [2.05, 4.69) is 0 Å². The van der Waals surface area contributed by atoms with E-state index in [1.165, 1.54) is 0 Å². The van der Waals surface area contributed by atoms with E-state index in [1.807, 2.05) is 38.1 Å². The Morgan fingerprint density at radius 3 is 1.48 bits per heavy atom. The van der Waals surface area contributed by atoms with Crippen LogP contribution in [0.1, 0.15) is 25.0 Å². The van der Waals surface area contributed by atoms with Gasteiger partial charge in [-0.15, -0.1) is 0 Å². The second kappa shape index (κ2) is 7.01. The van der Waals surface area contributed by atoms with Crippen molar-refractivity contribution in [1.29, 1.82) is 0 Å². The molecule has 0 atom stereocenters. The standard InChI is InChI=1S/C18H21O4P/c1-13(2)18(19)23(20,21-16-9-5-14(3)6-10-16)22-17-11-7-15(4)8-12-17/h5-13H,1-4H3. The van der Waals surface area contributed by atoms with Gasteiger partial charge in [-0.2, -0.15) is 0 Å². The average Bonchev–Trinajstić information content (AvgIpc) is 2.51. The van der Waals surface area contributed by atoms with Crippen LogP contribution in [0.5, 0.6) is 11.5 Å². The third-order valence-electron chi connectivity index (χ3n) is 3.26. The molecule has 0 aromatic heterocycles. The summed E-state index contributed by atoms with van der Waals surface area (Å²) in [5, 5.41) is 0. The van der Waals surface area contributed by atoms with Crippen LogP contribution in [-0.4, -0.2) is 5.52 Å². The van der Waals surface area contributed by atoms with Crippen molar-refractivity contribution in [3.8, 4) is 11.5 Å². The summed E-state index contributed by atoms with van der Waals surface area (Å²) in [5.74, 6) is 0.233. The quantitative estimate of drug-likeness (QED) is 0.688. The minimum atomic E-state index is -3.98. The molecule has 0 aliphatic rings. The van der Waals surface area contributed by atoms with E-state index in [0.29, 0.717) is 11.5 Å². The molecule has 23 heavy (non-hydrogen) atoms. The van der Waals surface area contributed by atoms with Crippen molar-refractivity contribution in [2.24, 2.45) is 5.92 Å². The summed E-state index contributed by atoms with van der Waals surface area (Å²) < 4.78 is 24.1. The molecule has 0 unspecified atom stereocenters. The SMILES string of the molecule is Cc1ccc(OP(=O)(Oc2ccc(C)cc2)C(=O)C(C)C)cc1. The number of carbonyl (C=O) groups is 1. The molecule has 4 nitrogen and oxygen atoms in total. The highest BCUT2D eigenvalue weighted by atomic mass is 31.2. The van der Waals surface area contributed by atoms with Crippen LogP contribution in [-0.2, 0) is 9.36 Å². The zero-order valence-electron chi connectivity index (χ0n) is 13.8. The Morgan fingerprint density at radius 2 is 1.17 bits per heavy atom. The van der Waals surface area contributed by atoms with E-state index < -0.39 is 19.0 Å². The molecule has 122 valence electrons. The molecule has 2 rings (SSSR count). The van der Waals surface area contributed by atoms with Crippen LogP contribution in [0.4, 0.5) is 0 Å². The molecule has 0 radical (unpaired) electrons. The van der Waals surface area contributed by atoms with Gasteiger partial charge in [0.2, 0.25) is 0 Å². The van der Waals surface area contributed by atoms with E-state index >= 15 is 0 Å². The van der Waals surface area contributed by atoms with Gasteiger partial charge in [-0.25, -0.2) is 4.57 Å². The fourth-order valence-corrected chi connectivity index (χ4v) is 3.55.